The van der Waals surface area contributed by atoms with Gasteiger partial charge >= 0.3 is 0 Å². The number of alkyl halides is 2. The summed E-state index contributed by atoms with van der Waals surface area (Å²) in [4.78, 5) is 72.0. The van der Waals surface area contributed by atoms with E-state index < -0.39 is 46.9 Å². The van der Waals surface area contributed by atoms with Crippen LogP contribution in [0.4, 0.5) is 20.2 Å². The summed E-state index contributed by atoms with van der Waals surface area (Å²) in [6, 6.07) is 11.8. The number of imide groups is 2. The lowest BCUT2D eigenvalue weighted by Crippen LogP contribution is -2.54. The minimum absolute atomic E-state index is 0.00505. The van der Waals surface area contributed by atoms with Gasteiger partial charge in [0.1, 0.15) is 11.7 Å². The van der Waals surface area contributed by atoms with Crippen LogP contribution in [0.1, 0.15) is 71.0 Å². The Kier molecular flexibility index (Phi) is 7.06. The quantitative estimate of drug-likeness (QED) is 0.248. The molecule has 5 amide bonds. The molecule has 3 N–H and O–H groups in total. The van der Waals surface area contributed by atoms with Crippen LogP contribution in [0.5, 0.6) is 0 Å². The molecule has 268 valence electrons. The number of benzene rings is 2. The fourth-order valence-electron chi connectivity index (χ4n) is 8.86. The Morgan fingerprint density at radius 1 is 1.00 bits per heavy atom. The first-order valence-electron chi connectivity index (χ1n) is 17.8. The average Bonchev–Trinajstić information content (AvgIpc) is 3.60. The molecular formula is C38H37F2N7O5. The van der Waals surface area contributed by atoms with E-state index in [2.05, 4.69) is 25.4 Å². The zero-order valence-corrected chi connectivity index (χ0v) is 28.7. The summed E-state index contributed by atoms with van der Waals surface area (Å²) in [6.07, 6.45) is 2.66. The number of carbonyl (C=O) groups excluding carboxylic acids is 5. The Balaban J connectivity index is 0.829. The molecule has 1 saturated carbocycles. The van der Waals surface area contributed by atoms with Crippen molar-refractivity contribution in [1.29, 1.82) is 0 Å². The highest BCUT2D eigenvalue weighted by molar-refractivity contribution is 6.23. The average molecular weight is 710 g/mol. The van der Waals surface area contributed by atoms with Crippen LogP contribution in [0.15, 0.2) is 42.5 Å². The van der Waals surface area contributed by atoms with E-state index in [-0.39, 0.29) is 42.2 Å². The van der Waals surface area contributed by atoms with Gasteiger partial charge in [0.2, 0.25) is 17.7 Å². The van der Waals surface area contributed by atoms with Gasteiger partial charge in [-0.15, -0.1) is 0 Å². The van der Waals surface area contributed by atoms with Crippen molar-refractivity contribution >= 4 is 51.8 Å². The number of piperidine rings is 2. The van der Waals surface area contributed by atoms with Crippen LogP contribution in [0.25, 0.3) is 22.3 Å². The smallest absolute Gasteiger partial charge is 0.262 e. The third-order valence-corrected chi connectivity index (χ3v) is 12.3. The molecule has 0 bridgehead atoms. The maximum atomic E-state index is 14.5. The van der Waals surface area contributed by atoms with Gasteiger partial charge in [0.15, 0.2) is 0 Å². The normalized spacial score (nSPS) is 25.2. The molecule has 0 radical (unpaired) electrons. The van der Waals surface area contributed by atoms with Gasteiger partial charge in [0.05, 0.1) is 16.8 Å². The molecule has 5 aliphatic rings. The van der Waals surface area contributed by atoms with Crippen LogP contribution >= 0.6 is 0 Å². The highest BCUT2D eigenvalue weighted by Crippen LogP contribution is 2.70. The van der Waals surface area contributed by atoms with Crippen molar-refractivity contribution in [3.63, 3.8) is 0 Å². The molecule has 2 aliphatic carbocycles. The number of rotatable bonds is 6. The lowest BCUT2D eigenvalue weighted by atomic mass is 9.87. The lowest BCUT2D eigenvalue weighted by molar-refractivity contribution is -0.136. The summed E-state index contributed by atoms with van der Waals surface area (Å²) in [5.74, 6) is -5.29. The fraction of sp³-hybridized carbons (Fsp3) is 0.421. The summed E-state index contributed by atoms with van der Waals surface area (Å²) in [5, 5.41) is 10.7. The molecule has 1 unspecified atom stereocenters. The number of hydrogen-bond acceptors (Lipinski definition) is 7. The Morgan fingerprint density at radius 3 is 2.54 bits per heavy atom. The Hall–Kier alpha value is -5.40. The minimum atomic E-state index is -2.66. The van der Waals surface area contributed by atoms with Gasteiger partial charge in [0, 0.05) is 84.3 Å². The van der Waals surface area contributed by atoms with E-state index >= 15 is 0 Å². The maximum absolute atomic E-state index is 14.5. The van der Waals surface area contributed by atoms with E-state index in [1.807, 2.05) is 24.3 Å². The number of nitrogens with one attached hydrogen (secondary N) is 3. The number of H-pyrrole nitrogens is 2. The molecule has 12 nitrogen and oxygen atoms in total. The number of fused-ring (bicyclic) bond motifs is 4. The predicted molar refractivity (Wildman–Crippen MR) is 186 cm³/mol. The Labute approximate surface area is 296 Å². The van der Waals surface area contributed by atoms with Gasteiger partial charge in [-0.1, -0.05) is 13.0 Å². The Bertz CT molecular complexity index is 2240. The third-order valence-electron chi connectivity index (χ3n) is 12.3. The zero-order valence-electron chi connectivity index (χ0n) is 28.7. The lowest BCUT2D eigenvalue weighted by Gasteiger charge is -2.34. The molecule has 2 aromatic carbocycles. The summed E-state index contributed by atoms with van der Waals surface area (Å²) in [7, 11) is 1.76. The largest absolute Gasteiger partial charge is 0.371 e. The zero-order chi connectivity index (χ0) is 36.3. The number of hydrogen-bond donors (Lipinski definition) is 3. The molecule has 2 aromatic heterocycles. The second kappa shape index (κ2) is 11.3. The third kappa shape index (κ3) is 4.82. The molecule has 0 spiro atoms. The first-order valence-corrected chi connectivity index (χ1v) is 17.8. The van der Waals surface area contributed by atoms with E-state index in [1.165, 1.54) is 0 Å². The van der Waals surface area contributed by atoms with E-state index in [0.29, 0.717) is 31.6 Å². The van der Waals surface area contributed by atoms with Gasteiger partial charge in [0.25, 0.3) is 17.7 Å². The van der Waals surface area contributed by atoms with E-state index in [4.69, 9.17) is 0 Å². The van der Waals surface area contributed by atoms with Crippen LogP contribution in [-0.4, -0.2) is 81.7 Å². The molecule has 52 heavy (non-hydrogen) atoms. The SMILES string of the molecule is CN(C(=O)CC1CCN(c2ccc3c(c2)C(=O)N(C2CCC(=O)NC2=O)C3=O)CC1)c1ccc2cc(-c3n[nH]c4c3C[C@@H]3C(F)(F)[C@]3(C)C4)[nH]c2c1. The number of halogens is 2. The molecule has 3 atom stereocenters. The van der Waals surface area contributed by atoms with Gasteiger partial charge in [-0.3, -0.25) is 39.3 Å². The molecule has 5 heterocycles. The van der Waals surface area contributed by atoms with E-state index in [0.717, 1.165) is 57.0 Å². The maximum Gasteiger partial charge on any atom is 0.262 e. The van der Waals surface area contributed by atoms with Crippen LogP contribution in [0.2, 0.25) is 0 Å². The molecule has 2 saturated heterocycles. The summed E-state index contributed by atoms with van der Waals surface area (Å²) >= 11 is 0. The monoisotopic (exact) mass is 709 g/mol. The predicted octanol–water partition coefficient (Wildman–Crippen LogP) is 4.60. The van der Waals surface area contributed by atoms with Crippen LogP contribution in [0, 0.1) is 17.3 Å². The fourth-order valence-corrected chi connectivity index (χ4v) is 8.86. The first-order chi connectivity index (χ1) is 24.8. The number of amides is 5. The van der Waals surface area contributed by atoms with Gasteiger partial charge in [-0.25, -0.2) is 8.78 Å². The van der Waals surface area contributed by atoms with Gasteiger partial charge in [-0.05, 0) is 68.0 Å². The van der Waals surface area contributed by atoms with Crippen molar-refractivity contribution < 1.29 is 32.8 Å². The number of anilines is 2. The summed E-state index contributed by atoms with van der Waals surface area (Å²) < 4.78 is 29.0. The summed E-state index contributed by atoms with van der Waals surface area (Å²) in [6.45, 7) is 3.00. The highest BCUT2D eigenvalue weighted by Gasteiger charge is 2.78. The molecule has 4 aromatic rings. The van der Waals surface area contributed by atoms with Crippen molar-refractivity contribution in [2.24, 2.45) is 17.3 Å². The number of nitrogens with zero attached hydrogens (tertiary/aromatic N) is 4. The van der Waals surface area contributed by atoms with Crippen molar-refractivity contribution in [2.75, 3.05) is 29.9 Å². The van der Waals surface area contributed by atoms with Crippen LogP contribution in [0.3, 0.4) is 0 Å². The van der Waals surface area contributed by atoms with Gasteiger partial charge in [-0.2, -0.15) is 5.10 Å². The van der Waals surface area contributed by atoms with E-state index in [9.17, 15) is 32.8 Å². The highest BCUT2D eigenvalue weighted by atomic mass is 19.3. The van der Waals surface area contributed by atoms with Crippen molar-refractivity contribution in [2.45, 2.75) is 63.8 Å². The second-order valence-corrected chi connectivity index (χ2v) is 15.2. The van der Waals surface area contributed by atoms with Crippen LogP contribution in [-0.2, 0) is 27.2 Å². The Morgan fingerprint density at radius 2 is 1.77 bits per heavy atom. The molecule has 3 fully saturated rings. The molecular weight excluding hydrogens is 672 g/mol. The minimum Gasteiger partial charge on any atom is -0.371 e. The molecule has 3 aliphatic heterocycles. The number of aromatic amines is 2. The van der Waals surface area contributed by atoms with Crippen molar-refractivity contribution in [3.05, 3.63) is 64.8 Å². The van der Waals surface area contributed by atoms with Crippen LogP contribution < -0.4 is 15.1 Å². The first kappa shape index (κ1) is 32.5. The molecule has 9 rings (SSSR count). The van der Waals surface area contributed by atoms with Gasteiger partial charge < -0.3 is 14.8 Å². The van der Waals surface area contributed by atoms with E-state index in [1.54, 1.807) is 37.1 Å². The van der Waals surface area contributed by atoms with Crippen molar-refractivity contribution in [3.8, 4) is 11.4 Å². The number of carbonyl (C=O) groups is 5. The second-order valence-electron chi connectivity index (χ2n) is 15.2. The number of aromatic nitrogens is 3. The van der Waals surface area contributed by atoms with Crippen molar-refractivity contribution in [1.82, 2.24) is 25.4 Å². The molecule has 14 heteroatoms. The summed E-state index contributed by atoms with van der Waals surface area (Å²) in [5.41, 5.74) is 4.90. The topological polar surface area (TPSA) is 152 Å². The standard InChI is InChI=1S/C38H37F2N7O5/c1-37-18-28-25(17-30(37)38(37,39)40)33(44-43-28)27-14-20-3-4-21(16-26(20)41-27)45(2)32(49)13-19-9-11-46(12-10-19)22-5-6-23-24(15-22)36(52)47(35(23)51)29-7-8-31(48)42-34(29)50/h3-6,14-16,19,29-30,41H,7-13,17-18H2,1-2H3,(H,43,44)(H,42,48,50)/t29?,30-,37+/m0/s1.